The minimum absolute atomic E-state index is 0.0906. The van der Waals surface area contributed by atoms with Gasteiger partial charge in [-0.05, 0) is 17.4 Å². The van der Waals surface area contributed by atoms with Crippen molar-refractivity contribution in [3.63, 3.8) is 0 Å². The Kier molecular flexibility index (Phi) is 6.39. The summed E-state index contributed by atoms with van der Waals surface area (Å²) in [4.78, 5) is 2.15. The van der Waals surface area contributed by atoms with E-state index < -0.39 is 24.0 Å². The number of phenols is 2. The Morgan fingerprint density at radius 2 is 1.45 bits per heavy atom. The van der Waals surface area contributed by atoms with Gasteiger partial charge in [0.15, 0.2) is 6.10 Å². The molecule has 2 aromatic rings. The molecule has 4 N–H and O–H groups in total. The molecule has 158 valence electrons. The van der Waals surface area contributed by atoms with E-state index in [1.807, 2.05) is 30.3 Å². The molecule has 0 aliphatic heterocycles. The van der Waals surface area contributed by atoms with Gasteiger partial charge in [-0.25, -0.2) is 0 Å². The molecule has 0 amide bonds. The van der Waals surface area contributed by atoms with Crippen molar-refractivity contribution in [2.45, 2.75) is 51.7 Å². The average Bonchev–Trinajstić information content (AvgIpc) is 2.64. The number of rotatable bonds is 7. The standard InChI is InChI=1S/C24H32NO4/c1-14(2)12-25(13-15(3)4)17-10-18(26)21(19(27)11-17)22-23(28)20(24(22)29)16-8-6-5-7-9-16/h5-11,14-15,20,22-24,26-28H,12-13H2,1-4H3/q-1/p+1. The van der Waals surface area contributed by atoms with Crippen molar-refractivity contribution in [1.82, 2.24) is 0 Å². The number of anilines is 1. The van der Waals surface area contributed by atoms with Crippen LogP contribution in [0.15, 0.2) is 42.5 Å². The van der Waals surface area contributed by atoms with Gasteiger partial charge in [0.05, 0.1) is 5.92 Å². The molecule has 0 heterocycles. The van der Waals surface area contributed by atoms with Gasteiger partial charge in [0.25, 0.3) is 0 Å². The molecule has 1 aliphatic rings. The van der Waals surface area contributed by atoms with Crippen molar-refractivity contribution >= 4 is 5.69 Å². The summed E-state index contributed by atoms with van der Waals surface area (Å²) in [6, 6.07) is 12.6. The third-order valence-corrected chi connectivity index (χ3v) is 5.66. The Labute approximate surface area is 173 Å². The Morgan fingerprint density at radius 1 is 0.931 bits per heavy atom. The maximum Gasteiger partial charge on any atom is 0.165 e. The Bertz CT molecular complexity index is 778. The summed E-state index contributed by atoms with van der Waals surface area (Å²) < 4.78 is 0. The van der Waals surface area contributed by atoms with Gasteiger partial charge in [-0.2, -0.15) is 0 Å². The summed E-state index contributed by atoms with van der Waals surface area (Å²) in [5.41, 5.74) is 1.81. The molecule has 1 aliphatic carbocycles. The first-order valence-corrected chi connectivity index (χ1v) is 10.4. The van der Waals surface area contributed by atoms with Gasteiger partial charge in [0.1, 0.15) is 11.5 Å². The molecule has 0 bridgehead atoms. The monoisotopic (exact) mass is 399 g/mol. The van der Waals surface area contributed by atoms with Crippen LogP contribution >= 0.6 is 0 Å². The van der Waals surface area contributed by atoms with E-state index in [1.165, 1.54) is 0 Å². The van der Waals surface area contributed by atoms with Crippen LogP contribution in [-0.4, -0.2) is 40.6 Å². The van der Waals surface area contributed by atoms with Gasteiger partial charge < -0.3 is 25.3 Å². The maximum atomic E-state index is 12.9. The number of nitrogens with zero attached hydrogens (tertiary/aromatic N) is 1. The first-order chi connectivity index (χ1) is 13.7. The fourth-order valence-electron chi connectivity index (χ4n) is 4.43. The number of phenolic OH excluding ortho intramolecular Hbond substituents is 2. The maximum absolute atomic E-state index is 12.9. The second-order valence-corrected chi connectivity index (χ2v) is 9.04. The van der Waals surface area contributed by atoms with Crippen LogP contribution in [-0.2, 0) is 0 Å². The fraction of sp³-hybridized carbons (Fsp3) is 0.500. The van der Waals surface area contributed by atoms with Gasteiger partial charge in [-0.3, -0.25) is 0 Å². The summed E-state index contributed by atoms with van der Waals surface area (Å²) in [6.07, 6.45) is -1.75. The van der Waals surface area contributed by atoms with Crippen LogP contribution in [0.25, 0.3) is 0 Å². The zero-order chi connectivity index (χ0) is 21.3. The minimum atomic E-state index is -1.06. The third-order valence-electron chi connectivity index (χ3n) is 5.66. The summed E-state index contributed by atoms with van der Waals surface area (Å²) in [6.45, 7) is 10.1. The average molecular weight is 400 g/mol. The lowest BCUT2D eigenvalue weighted by Gasteiger charge is -2.51. The molecular formula is C24H33NO4. The lowest BCUT2D eigenvalue weighted by Crippen LogP contribution is -2.58. The van der Waals surface area contributed by atoms with Crippen LogP contribution in [0, 0.1) is 11.8 Å². The largest absolute Gasteiger partial charge is 0.851 e. The molecule has 4 atom stereocenters. The van der Waals surface area contributed by atoms with Gasteiger partial charge in [-0.1, -0.05) is 64.1 Å². The van der Waals surface area contributed by atoms with Crippen LogP contribution in [0.1, 0.15) is 50.7 Å². The van der Waals surface area contributed by atoms with E-state index in [-0.39, 0.29) is 17.1 Å². The van der Waals surface area contributed by atoms with Crippen molar-refractivity contribution in [3.8, 4) is 11.5 Å². The molecule has 0 spiro atoms. The van der Waals surface area contributed by atoms with Gasteiger partial charge in [-0.15, -0.1) is 0 Å². The lowest BCUT2D eigenvalue weighted by atomic mass is 9.63. The predicted octanol–water partition coefficient (Wildman–Crippen LogP) is 2.92. The Hall–Kier alpha value is -2.24. The quantitative estimate of drug-likeness (QED) is 0.701. The molecule has 1 saturated carbocycles. The lowest BCUT2D eigenvalue weighted by molar-refractivity contribution is -0.462. The molecule has 29 heavy (non-hydrogen) atoms. The summed E-state index contributed by atoms with van der Waals surface area (Å²) >= 11 is 0. The molecule has 3 rings (SSSR count). The fourth-order valence-corrected chi connectivity index (χ4v) is 4.43. The van der Waals surface area contributed by atoms with E-state index in [9.17, 15) is 15.3 Å². The van der Waals surface area contributed by atoms with Crippen molar-refractivity contribution in [2.75, 3.05) is 18.0 Å². The highest BCUT2D eigenvalue weighted by molar-refractivity contribution is 5.61. The Balaban J connectivity index is 1.88. The molecule has 5 nitrogen and oxygen atoms in total. The van der Waals surface area contributed by atoms with E-state index in [2.05, 4.69) is 32.6 Å². The van der Waals surface area contributed by atoms with Crippen molar-refractivity contribution < 1.29 is 20.4 Å². The summed E-state index contributed by atoms with van der Waals surface area (Å²) in [5, 5.41) is 42.9. The normalized spacial score (nSPS) is 24.0. The number of aromatic hydroxyl groups is 2. The molecule has 4 unspecified atom stereocenters. The highest BCUT2D eigenvalue weighted by Gasteiger charge is 2.50. The van der Waals surface area contributed by atoms with Crippen LogP contribution < -0.4 is 10.0 Å². The van der Waals surface area contributed by atoms with Gasteiger partial charge in [0, 0.05) is 42.4 Å². The third kappa shape index (κ3) is 4.36. The molecule has 2 aromatic carbocycles. The van der Waals surface area contributed by atoms with E-state index >= 15 is 0 Å². The van der Waals surface area contributed by atoms with Crippen molar-refractivity contribution in [2.24, 2.45) is 11.8 Å². The molecule has 1 fully saturated rings. The summed E-state index contributed by atoms with van der Waals surface area (Å²) in [7, 11) is 0. The minimum Gasteiger partial charge on any atom is -0.851 e. The second kappa shape index (κ2) is 8.64. The smallest absolute Gasteiger partial charge is 0.165 e. The first kappa shape index (κ1) is 21.5. The van der Waals surface area contributed by atoms with Crippen LogP contribution in [0.3, 0.4) is 0 Å². The van der Waals surface area contributed by atoms with E-state index in [1.54, 1.807) is 12.1 Å². The zero-order valence-corrected chi connectivity index (χ0v) is 17.7. The molecule has 0 aromatic heterocycles. The van der Waals surface area contributed by atoms with Crippen molar-refractivity contribution in [1.29, 1.82) is 0 Å². The summed E-state index contributed by atoms with van der Waals surface area (Å²) in [5.74, 6) is -0.477. The van der Waals surface area contributed by atoms with Crippen LogP contribution in [0.5, 0.6) is 11.5 Å². The van der Waals surface area contributed by atoms with Crippen LogP contribution in [0.4, 0.5) is 5.69 Å². The topological polar surface area (TPSA) is 89.7 Å². The zero-order valence-electron chi connectivity index (χ0n) is 17.7. The Morgan fingerprint density at radius 3 is 1.90 bits per heavy atom. The highest BCUT2D eigenvalue weighted by Crippen LogP contribution is 2.52. The molecule has 0 radical (unpaired) electrons. The van der Waals surface area contributed by atoms with Crippen molar-refractivity contribution in [3.05, 3.63) is 53.6 Å². The number of benzene rings is 2. The van der Waals surface area contributed by atoms with E-state index in [4.69, 9.17) is 5.11 Å². The van der Waals surface area contributed by atoms with Crippen LogP contribution in [0.2, 0.25) is 0 Å². The second-order valence-electron chi connectivity index (χ2n) is 9.04. The predicted molar refractivity (Wildman–Crippen MR) is 115 cm³/mol. The van der Waals surface area contributed by atoms with Gasteiger partial charge in [0.2, 0.25) is 0 Å². The first-order valence-electron chi connectivity index (χ1n) is 10.4. The molecule has 0 saturated heterocycles. The van der Waals surface area contributed by atoms with Gasteiger partial charge >= 0.3 is 0 Å². The van der Waals surface area contributed by atoms with E-state index in [0.717, 1.165) is 24.3 Å². The number of hydrogen-bond acceptors (Lipinski definition) is 4. The number of hydrogen-bond donors (Lipinski definition) is 2. The molecule has 5 heteroatoms. The molecular weight excluding hydrogens is 366 g/mol. The SMILES string of the molecule is CC(C)CN(CC(C)C)c1cc(O)c(C2C([O-])C(c3ccccc3)C2[OH2+])c(O)c1. The highest BCUT2D eigenvalue weighted by atomic mass is 16.3. The van der Waals surface area contributed by atoms with E-state index in [0.29, 0.717) is 11.8 Å².